The quantitative estimate of drug-likeness (QED) is 0.872. The van der Waals surface area contributed by atoms with E-state index in [0.29, 0.717) is 12.2 Å². The van der Waals surface area contributed by atoms with Crippen LogP contribution in [0.3, 0.4) is 0 Å². The van der Waals surface area contributed by atoms with E-state index < -0.39 is 5.54 Å². The van der Waals surface area contributed by atoms with Crippen LogP contribution in [0, 0.1) is 5.82 Å². The summed E-state index contributed by atoms with van der Waals surface area (Å²) in [5.74, 6) is -0.334. The van der Waals surface area contributed by atoms with E-state index >= 15 is 0 Å². The number of carbonyl (C=O) groups is 1. The molecule has 94 valence electrons. The van der Waals surface area contributed by atoms with Crippen molar-refractivity contribution in [2.75, 3.05) is 18.5 Å². The van der Waals surface area contributed by atoms with Crippen LogP contribution < -0.4 is 10.2 Å². The van der Waals surface area contributed by atoms with Gasteiger partial charge >= 0.3 is 0 Å². The van der Waals surface area contributed by atoms with E-state index in [1.165, 1.54) is 12.1 Å². The first-order chi connectivity index (χ1) is 7.92. The Labute approximate surface area is 102 Å². The van der Waals surface area contributed by atoms with Crippen LogP contribution in [0.25, 0.3) is 0 Å². The molecule has 1 N–H and O–H groups in total. The highest BCUT2D eigenvalue weighted by Crippen LogP contribution is 2.18. The van der Waals surface area contributed by atoms with E-state index in [1.807, 2.05) is 20.8 Å². The minimum absolute atomic E-state index is 0.0332. The zero-order valence-electron chi connectivity index (χ0n) is 10.7. The number of nitrogens with zero attached hydrogens (tertiary/aromatic N) is 1. The van der Waals surface area contributed by atoms with Crippen molar-refractivity contribution in [2.24, 2.45) is 0 Å². The van der Waals surface area contributed by atoms with Crippen molar-refractivity contribution in [3.05, 3.63) is 30.1 Å². The number of nitrogens with one attached hydrogen (secondary N) is 1. The Morgan fingerprint density at radius 3 is 2.29 bits per heavy atom. The molecule has 0 heterocycles. The molecule has 1 rings (SSSR count). The molecule has 0 saturated carbocycles. The standard InChI is InChI=1S/C13H19FN2O/c1-5-16(12(17)13(2,3)15-4)11-8-6-10(14)7-9-11/h6-9,15H,5H2,1-4H3. The Balaban J connectivity index is 3.00. The van der Waals surface area contributed by atoms with Crippen LogP contribution in [0.4, 0.5) is 10.1 Å². The van der Waals surface area contributed by atoms with Crippen molar-refractivity contribution in [3.8, 4) is 0 Å². The molecule has 0 bridgehead atoms. The molecule has 17 heavy (non-hydrogen) atoms. The molecule has 0 aliphatic rings. The van der Waals surface area contributed by atoms with E-state index in [2.05, 4.69) is 5.32 Å². The van der Waals surface area contributed by atoms with Gasteiger partial charge in [0.05, 0.1) is 5.54 Å². The van der Waals surface area contributed by atoms with Crippen molar-refractivity contribution in [3.63, 3.8) is 0 Å². The molecule has 0 radical (unpaired) electrons. The second-order valence-corrected chi connectivity index (χ2v) is 4.40. The van der Waals surface area contributed by atoms with Gasteiger partial charge in [0.2, 0.25) is 5.91 Å². The van der Waals surface area contributed by atoms with Crippen LogP contribution in [0.2, 0.25) is 0 Å². The van der Waals surface area contributed by atoms with Gasteiger partial charge in [0.1, 0.15) is 5.82 Å². The van der Waals surface area contributed by atoms with E-state index in [-0.39, 0.29) is 11.7 Å². The number of carbonyl (C=O) groups excluding carboxylic acids is 1. The van der Waals surface area contributed by atoms with Gasteiger partial charge in [0.25, 0.3) is 0 Å². The number of hydrogen-bond acceptors (Lipinski definition) is 2. The van der Waals surface area contributed by atoms with E-state index in [0.717, 1.165) is 0 Å². The largest absolute Gasteiger partial charge is 0.311 e. The van der Waals surface area contributed by atoms with Gasteiger partial charge in [-0.25, -0.2) is 4.39 Å². The minimum atomic E-state index is -0.635. The predicted molar refractivity (Wildman–Crippen MR) is 67.6 cm³/mol. The van der Waals surface area contributed by atoms with Gasteiger partial charge in [-0.1, -0.05) is 0 Å². The Bertz CT molecular complexity index is 387. The highest BCUT2D eigenvalue weighted by molar-refractivity contribution is 5.99. The van der Waals surface area contributed by atoms with Gasteiger partial charge in [-0.05, 0) is 52.1 Å². The van der Waals surface area contributed by atoms with Crippen molar-refractivity contribution < 1.29 is 9.18 Å². The first-order valence-corrected chi connectivity index (χ1v) is 5.69. The summed E-state index contributed by atoms with van der Waals surface area (Å²) in [7, 11) is 1.75. The van der Waals surface area contributed by atoms with Gasteiger partial charge in [-0.3, -0.25) is 4.79 Å². The molecule has 0 saturated heterocycles. The maximum absolute atomic E-state index is 12.8. The van der Waals surface area contributed by atoms with Gasteiger partial charge in [-0.2, -0.15) is 0 Å². The summed E-state index contributed by atoms with van der Waals surface area (Å²) in [6.07, 6.45) is 0. The molecule has 0 fully saturated rings. The Morgan fingerprint density at radius 1 is 1.35 bits per heavy atom. The third kappa shape index (κ3) is 3.03. The van der Waals surface area contributed by atoms with Crippen molar-refractivity contribution >= 4 is 11.6 Å². The van der Waals surface area contributed by atoms with Crippen LogP contribution in [-0.4, -0.2) is 25.0 Å². The molecule has 0 aliphatic heterocycles. The fourth-order valence-electron chi connectivity index (χ4n) is 1.51. The van der Waals surface area contributed by atoms with Gasteiger partial charge in [0.15, 0.2) is 0 Å². The fourth-order valence-corrected chi connectivity index (χ4v) is 1.51. The summed E-state index contributed by atoms with van der Waals surface area (Å²) < 4.78 is 12.8. The zero-order valence-corrected chi connectivity index (χ0v) is 10.7. The lowest BCUT2D eigenvalue weighted by Crippen LogP contribution is -2.53. The van der Waals surface area contributed by atoms with Crippen molar-refractivity contribution in [2.45, 2.75) is 26.3 Å². The van der Waals surface area contributed by atoms with Crippen molar-refractivity contribution in [1.82, 2.24) is 5.32 Å². The number of rotatable bonds is 4. The third-order valence-corrected chi connectivity index (χ3v) is 2.86. The maximum Gasteiger partial charge on any atom is 0.246 e. The molecular formula is C13H19FN2O. The average molecular weight is 238 g/mol. The van der Waals surface area contributed by atoms with Crippen LogP contribution in [0.1, 0.15) is 20.8 Å². The highest BCUT2D eigenvalue weighted by atomic mass is 19.1. The molecule has 1 aromatic carbocycles. The summed E-state index contributed by atoms with van der Waals surface area (Å²) in [6.45, 7) is 6.09. The molecular weight excluding hydrogens is 219 g/mol. The molecule has 3 nitrogen and oxygen atoms in total. The van der Waals surface area contributed by atoms with Gasteiger partial charge < -0.3 is 10.2 Å². The number of benzene rings is 1. The topological polar surface area (TPSA) is 32.3 Å². The first kappa shape index (κ1) is 13.6. The van der Waals surface area contributed by atoms with E-state index in [9.17, 15) is 9.18 Å². The molecule has 4 heteroatoms. The second-order valence-electron chi connectivity index (χ2n) is 4.40. The summed E-state index contributed by atoms with van der Waals surface area (Å²) in [6, 6.07) is 5.94. The summed E-state index contributed by atoms with van der Waals surface area (Å²) in [5.41, 5.74) is 0.0759. The molecule has 1 aromatic rings. The third-order valence-electron chi connectivity index (χ3n) is 2.86. The van der Waals surface area contributed by atoms with E-state index in [1.54, 1.807) is 24.1 Å². The average Bonchev–Trinajstić information content (AvgIpc) is 2.32. The molecule has 0 spiro atoms. The minimum Gasteiger partial charge on any atom is -0.311 e. The lowest BCUT2D eigenvalue weighted by atomic mass is 10.0. The SMILES string of the molecule is CCN(C(=O)C(C)(C)NC)c1ccc(F)cc1. The number of hydrogen-bond donors (Lipinski definition) is 1. The molecule has 0 aliphatic carbocycles. The second kappa shape index (κ2) is 5.27. The number of anilines is 1. The molecule has 1 amide bonds. The Morgan fingerprint density at radius 2 is 1.88 bits per heavy atom. The number of amides is 1. The van der Waals surface area contributed by atoms with Crippen molar-refractivity contribution in [1.29, 1.82) is 0 Å². The van der Waals surface area contributed by atoms with Gasteiger partial charge in [0, 0.05) is 12.2 Å². The lowest BCUT2D eigenvalue weighted by Gasteiger charge is -2.31. The van der Waals surface area contributed by atoms with Crippen LogP contribution in [0.5, 0.6) is 0 Å². The normalized spacial score (nSPS) is 11.4. The van der Waals surface area contributed by atoms with Gasteiger partial charge in [-0.15, -0.1) is 0 Å². The summed E-state index contributed by atoms with van der Waals surface area (Å²) in [5, 5.41) is 2.97. The molecule has 0 aromatic heterocycles. The van der Waals surface area contributed by atoms with E-state index in [4.69, 9.17) is 0 Å². The number of halogens is 1. The fraction of sp³-hybridized carbons (Fsp3) is 0.462. The van der Waals surface area contributed by atoms with Crippen LogP contribution >= 0.6 is 0 Å². The zero-order chi connectivity index (χ0) is 13.1. The summed E-state index contributed by atoms with van der Waals surface area (Å²) >= 11 is 0. The molecule has 0 unspecified atom stereocenters. The lowest BCUT2D eigenvalue weighted by molar-refractivity contribution is -0.123. The monoisotopic (exact) mass is 238 g/mol. The highest BCUT2D eigenvalue weighted by Gasteiger charge is 2.30. The smallest absolute Gasteiger partial charge is 0.246 e. The Kier molecular flexibility index (Phi) is 4.23. The predicted octanol–water partition coefficient (Wildman–Crippen LogP) is 2.18. The summed E-state index contributed by atoms with van der Waals surface area (Å²) in [4.78, 5) is 13.9. The Hall–Kier alpha value is -1.42. The van der Waals surface area contributed by atoms with Crippen LogP contribution in [0.15, 0.2) is 24.3 Å². The molecule has 0 atom stereocenters. The first-order valence-electron chi connectivity index (χ1n) is 5.69. The van der Waals surface area contributed by atoms with Crippen LogP contribution in [-0.2, 0) is 4.79 Å². The maximum atomic E-state index is 12.8. The number of likely N-dealkylation sites (N-methyl/N-ethyl adjacent to an activating group) is 2.